The first-order valence-electron chi connectivity index (χ1n) is 12.6. The van der Waals surface area contributed by atoms with Crippen molar-refractivity contribution >= 4 is 29.4 Å². The molecule has 4 rings (SSSR count). The van der Waals surface area contributed by atoms with Crippen LogP contribution in [-0.4, -0.2) is 90.7 Å². The number of piperazine rings is 2. The number of ether oxygens (including phenoxy) is 1. The molecule has 9 nitrogen and oxygen atoms in total. The Morgan fingerprint density at radius 3 is 2.05 bits per heavy atom. The quantitative estimate of drug-likeness (QED) is 0.650. The van der Waals surface area contributed by atoms with E-state index < -0.39 is 17.2 Å². The van der Waals surface area contributed by atoms with Crippen LogP contribution in [0.5, 0.6) is 0 Å². The van der Waals surface area contributed by atoms with Crippen LogP contribution in [0.15, 0.2) is 42.5 Å². The third-order valence-electron chi connectivity index (χ3n) is 6.40. The summed E-state index contributed by atoms with van der Waals surface area (Å²) in [7, 11) is 0. The number of benzene rings is 2. The Hall–Kier alpha value is -3.89. The minimum Gasteiger partial charge on any atom is -0.444 e. The van der Waals surface area contributed by atoms with Crippen molar-refractivity contribution in [2.75, 3.05) is 62.6 Å². The molecule has 2 saturated heterocycles. The number of urea groups is 1. The average molecular weight is 530 g/mol. The van der Waals surface area contributed by atoms with Crippen LogP contribution < -0.4 is 10.2 Å². The van der Waals surface area contributed by atoms with E-state index in [1.165, 1.54) is 24.3 Å². The van der Waals surface area contributed by atoms with Crippen LogP contribution in [0, 0.1) is 11.6 Å². The molecule has 2 aliphatic rings. The Labute approximate surface area is 220 Å². The molecule has 0 radical (unpaired) electrons. The molecule has 2 heterocycles. The number of halogens is 2. The van der Waals surface area contributed by atoms with E-state index in [-0.39, 0.29) is 23.6 Å². The zero-order chi connectivity index (χ0) is 27.4. The number of anilines is 2. The summed E-state index contributed by atoms with van der Waals surface area (Å²) in [6.07, 6.45) is -0.380. The van der Waals surface area contributed by atoms with Crippen LogP contribution in [0.1, 0.15) is 31.1 Å². The highest BCUT2D eigenvalue weighted by Crippen LogP contribution is 2.25. The largest absolute Gasteiger partial charge is 0.444 e. The lowest BCUT2D eigenvalue weighted by Gasteiger charge is -2.37. The lowest BCUT2D eigenvalue weighted by molar-refractivity contribution is 0.0240. The third-order valence-corrected chi connectivity index (χ3v) is 6.40. The van der Waals surface area contributed by atoms with Gasteiger partial charge >= 0.3 is 12.1 Å². The second kappa shape index (κ2) is 11.2. The zero-order valence-corrected chi connectivity index (χ0v) is 21.9. The molecule has 0 spiro atoms. The predicted molar refractivity (Wildman–Crippen MR) is 139 cm³/mol. The van der Waals surface area contributed by atoms with Crippen LogP contribution in [0.3, 0.4) is 0 Å². The Bertz CT molecular complexity index is 1190. The van der Waals surface area contributed by atoms with Gasteiger partial charge in [0.2, 0.25) is 0 Å². The Morgan fingerprint density at radius 2 is 1.45 bits per heavy atom. The van der Waals surface area contributed by atoms with E-state index >= 15 is 0 Å². The van der Waals surface area contributed by atoms with E-state index in [1.54, 1.807) is 32.9 Å². The number of nitrogens with zero attached hydrogens (tertiary/aromatic N) is 4. The minimum absolute atomic E-state index is 0.268. The smallest absolute Gasteiger partial charge is 0.410 e. The summed E-state index contributed by atoms with van der Waals surface area (Å²) < 4.78 is 33.8. The fourth-order valence-electron chi connectivity index (χ4n) is 4.42. The van der Waals surface area contributed by atoms with Crippen LogP contribution in [0.2, 0.25) is 0 Å². The molecule has 0 aromatic heterocycles. The number of carbonyl (C=O) groups is 3. The summed E-state index contributed by atoms with van der Waals surface area (Å²) >= 11 is 0. The summed E-state index contributed by atoms with van der Waals surface area (Å²) in [6, 6.07) is 9.66. The molecule has 2 aromatic carbocycles. The van der Waals surface area contributed by atoms with E-state index in [2.05, 4.69) is 5.32 Å². The summed E-state index contributed by atoms with van der Waals surface area (Å²) in [5, 5.41) is 2.72. The standard InChI is InChI=1S/C27H33F2N5O4/c1-27(2,3)38-26(37)34-15-9-31(10-16-34)23-8-7-21(18-22(23)29)30-25(36)33-13-11-32(12-14-33)24(35)19-5-4-6-20(28)17-19/h4-8,17-18H,9-16H2,1-3H3,(H,30,36). The normalized spacial score (nSPS) is 16.3. The molecule has 204 valence electrons. The summed E-state index contributed by atoms with van der Waals surface area (Å²) in [6.45, 7) is 8.41. The number of hydrogen-bond donors (Lipinski definition) is 1. The Morgan fingerprint density at radius 1 is 0.816 bits per heavy atom. The topological polar surface area (TPSA) is 85.4 Å². The van der Waals surface area contributed by atoms with Gasteiger partial charge < -0.3 is 29.7 Å². The summed E-state index contributed by atoms with van der Waals surface area (Å²) in [5.74, 6) is -1.23. The van der Waals surface area contributed by atoms with Crippen molar-refractivity contribution in [3.63, 3.8) is 0 Å². The first-order valence-corrected chi connectivity index (χ1v) is 12.6. The molecule has 38 heavy (non-hydrogen) atoms. The SMILES string of the molecule is CC(C)(C)OC(=O)N1CCN(c2ccc(NC(=O)N3CCN(C(=O)c4cccc(F)c4)CC3)cc2F)CC1. The van der Waals surface area contributed by atoms with E-state index in [0.717, 1.165) is 0 Å². The molecule has 11 heteroatoms. The van der Waals surface area contributed by atoms with E-state index in [1.807, 2.05) is 25.7 Å². The fraction of sp³-hybridized carbons (Fsp3) is 0.444. The molecule has 0 saturated carbocycles. The van der Waals surface area contributed by atoms with Gasteiger partial charge in [-0.1, -0.05) is 6.07 Å². The highest BCUT2D eigenvalue weighted by molar-refractivity contribution is 5.94. The first-order chi connectivity index (χ1) is 18.0. The van der Waals surface area contributed by atoms with Crippen LogP contribution in [0.25, 0.3) is 0 Å². The van der Waals surface area contributed by atoms with Gasteiger partial charge in [0.25, 0.3) is 5.91 Å². The monoisotopic (exact) mass is 529 g/mol. The molecule has 2 aliphatic heterocycles. The zero-order valence-electron chi connectivity index (χ0n) is 21.9. The molecule has 0 bridgehead atoms. The van der Waals surface area contributed by atoms with Crippen molar-refractivity contribution < 1.29 is 27.9 Å². The molecule has 0 aliphatic carbocycles. The average Bonchev–Trinajstić information content (AvgIpc) is 2.87. The number of nitrogens with one attached hydrogen (secondary N) is 1. The molecular formula is C27H33F2N5O4. The van der Waals surface area contributed by atoms with Crippen molar-refractivity contribution in [1.29, 1.82) is 0 Å². The van der Waals surface area contributed by atoms with E-state index in [4.69, 9.17) is 4.74 Å². The highest BCUT2D eigenvalue weighted by Gasteiger charge is 2.28. The number of rotatable bonds is 3. The van der Waals surface area contributed by atoms with Crippen LogP contribution >= 0.6 is 0 Å². The van der Waals surface area contributed by atoms with Crippen molar-refractivity contribution in [1.82, 2.24) is 14.7 Å². The molecule has 4 amide bonds. The van der Waals surface area contributed by atoms with Gasteiger partial charge in [0.15, 0.2) is 0 Å². The van der Waals surface area contributed by atoms with Gasteiger partial charge in [-0.15, -0.1) is 0 Å². The van der Waals surface area contributed by atoms with E-state index in [0.29, 0.717) is 63.7 Å². The molecule has 0 atom stereocenters. The lowest BCUT2D eigenvalue weighted by atomic mass is 10.2. The van der Waals surface area contributed by atoms with Gasteiger partial charge in [-0.05, 0) is 57.2 Å². The molecular weight excluding hydrogens is 496 g/mol. The van der Waals surface area contributed by atoms with Crippen molar-refractivity contribution in [2.24, 2.45) is 0 Å². The Balaban J connectivity index is 1.27. The van der Waals surface area contributed by atoms with Gasteiger partial charge in [-0.25, -0.2) is 18.4 Å². The number of carbonyl (C=O) groups excluding carboxylic acids is 3. The van der Waals surface area contributed by atoms with E-state index in [9.17, 15) is 23.2 Å². The van der Waals surface area contributed by atoms with Gasteiger partial charge in [0.1, 0.15) is 17.2 Å². The summed E-state index contributed by atoms with van der Waals surface area (Å²) in [5.41, 5.74) is 0.414. The highest BCUT2D eigenvalue weighted by atomic mass is 19.1. The Kier molecular flexibility index (Phi) is 8.03. The predicted octanol–water partition coefficient (Wildman–Crippen LogP) is 4.01. The number of hydrogen-bond acceptors (Lipinski definition) is 5. The fourth-order valence-corrected chi connectivity index (χ4v) is 4.42. The first kappa shape index (κ1) is 27.2. The lowest BCUT2D eigenvalue weighted by Crippen LogP contribution is -2.51. The maximum absolute atomic E-state index is 15.0. The molecule has 2 aromatic rings. The van der Waals surface area contributed by atoms with Crippen LogP contribution in [-0.2, 0) is 4.74 Å². The molecule has 2 fully saturated rings. The number of amides is 4. The maximum Gasteiger partial charge on any atom is 0.410 e. The molecule has 1 N–H and O–H groups in total. The molecule has 0 unspecified atom stereocenters. The van der Waals surface area contributed by atoms with Crippen LogP contribution in [0.4, 0.5) is 29.7 Å². The summed E-state index contributed by atoms with van der Waals surface area (Å²) in [4.78, 5) is 44.2. The van der Waals surface area contributed by atoms with Crippen molar-refractivity contribution in [3.05, 3.63) is 59.7 Å². The van der Waals surface area contributed by atoms with Crippen molar-refractivity contribution in [2.45, 2.75) is 26.4 Å². The second-order valence-electron chi connectivity index (χ2n) is 10.3. The van der Waals surface area contributed by atoms with Gasteiger partial charge in [-0.3, -0.25) is 4.79 Å². The van der Waals surface area contributed by atoms with Gasteiger partial charge in [0, 0.05) is 63.6 Å². The third kappa shape index (κ3) is 6.70. The van der Waals surface area contributed by atoms with Gasteiger partial charge in [-0.2, -0.15) is 0 Å². The van der Waals surface area contributed by atoms with Crippen molar-refractivity contribution in [3.8, 4) is 0 Å². The maximum atomic E-state index is 15.0. The minimum atomic E-state index is -0.575. The van der Waals surface area contributed by atoms with Gasteiger partial charge in [0.05, 0.1) is 5.69 Å². The second-order valence-corrected chi connectivity index (χ2v) is 10.3.